The molecular weight excluding hydrogens is 224 g/mol. The third-order valence-corrected chi connectivity index (χ3v) is 3.41. The smallest absolute Gasteiger partial charge is 0.241 e. The Bertz CT molecular complexity index is 406. The fourth-order valence-electron chi connectivity index (χ4n) is 2.38. The standard InChI is InChI=1S/C15H20N2O/c16-15(18)7-6-13-8-10-17(11-9-13)12-14-4-2-1-3-5-14/h1-7,13H,8-12H2,(H2,16,18)/b7-6+. The van der Waals surface area contributed by atoms with E-state index in [9.17, 15) is 4.79 Å². The van der Waals surface area contributed by atoms with Gasteiger partial charge in [-0.25, -0.2) is 0 Å². The number of hydrogen-bond donors (Lipinski definition) is 1. The van der Waals surface area contributed by atoms with E-state index in [1.807, 2.05) is 12.1 Å². The molecule has 1 aliphatic heterocycles. The second-order valence-electron chi connectivity index (χ2n) is 4.86. The van der Waals surface area contributed by atoms with E-state index < -0.39 is 0 Å². The molecule has 0 radical (unpaired) electrons. The van der Waals surface area contributed by atoms with Gasteiger partial charge in [0.1, 0.15) is 0 Å². The highest BCUT2D eigenvalue weighted by molar-refractivity contribution is 5.85. The van der Waals surface area contributed by atoms with Crippen molar-refractivity contribution in [1.29, 1.82) is 0 Å². The predicted octanol–water partition coefficient (Wildman–Crippen LogP) is 1.94. The quantitative estimate of drug-likeness (QED) is 0.823. The average Bonchev–Trinajstić information content (AvgIpc) is 2.39. The van der Waals surface area contributed by atoms with E-state index in [0.29, 0.717) is 5.92 Å². The number of hydrogen-bond acceptors (Lipinski definition) is 2. The third-order valence-electron chi connectivity index (χ3n) is 3.41. The molecule has 1 aliphatic rings. The van der Waals surface area contributed by atoms with Crippen molar-refractivity contribution in [2.45, 2.75) is 19.4 Å². The molecule has 1 amide bonds. The van der Waals surface area contributed by atoms with Crippen LogP contribution >= 0.6 is 0 Å². The molecule has 2 N–H and O–H groups in total. The highest BCUT2D eigenvalue weighted by Gasteiger charge is 2.17. The molecule has 0 aromatic heterocycles. The van der Waals surface area contributed by atoms with Crippen LogP contribution in [0.5, 0.6) is 0 Å². The topological polar surface area (TPSA) is 46.3 Å². The number of amides is 1. The van der Waals surface area contributed by atoms with E-state index in [1.165, 1.54) is 11.6 Å². The molecule has 3 heteroatoms. The van der Waals surface area contributed by atoms with Gasteiger partial charge in [-0.15, -0.1) is 0 Å². The first-order chi connectivity index (χ1) is 8.74. The normalized spacial score (nSPS) is 18.2. The van der Waals surface area contributed by atoms with Crippen LogP contribution in [0.4, 0.5) is 0 Å². The Hall–Kier alpha value is -1.61. The van der Waals surface area contributed by atoms with Crippen molar-refractivity contribution in [3.05, 3.63) is 48.0 Å². The summed E-state index contributed by atoms with van der Waals surface area (Å²) >= 11 is 0. The maximum absolute atomic E-state index is 10.7. The van der Waals surface area contributed by atoms with Gasteiger partial charge < -0.3 is 5.73 Å². The molecule has 1 heterocycles. The fourth-order valence-corrected chi connectivity index (χ4v) is 2.38. The number of rotatable bonds is 4. The van der Waals surface area contributed by atoms with Gasteiger partial charge >= 0.3 is 0 Å². The molecule has 0 atom stereocenters. The molecule has 2 rings (SSSR count). The minimum absolute atomic E-state index is 0.346. The number of carbonyl (C=O) groups excluding carboxylic acids is 1. The minimum atomic E-state index is -0.346. The molecule has 0 saturated carbocycles. The van der Waals surface area contributed by atoms with Gasteiger partial charge in [-0.1, -0.05) is 36.4 Å². The highest BCUT2D eigenvalue weighted by Crippen LogP contribution is 2.19. The molecule has 3 nitrogen and oxygen atoms in total. The van der Waals surface area contributed by atoms with Crippen molar-refractivity contribution in [3.63, 3.8) is 0 Å². The van der Waals surface area contributed by atoms with Gasteiger partial charge in [0.05, 0.1) is 0 Å². The van der Waals surface area contributed by atoms with Crippen molar-refractivity contribution in [1.82, 2.24) is 4.90 Å². The number of piperidine rings is 1. The summed E-state index contributed by atoms with van der Waals surface area (Å²) in [4.78, 5) is 13.1. The van der Waals surface area contributed by atoms with Gasteiger partial charge in [-0.05, 0) is 43.5 Å². The van der Waals surface area contributed by atoms with E-state index in [2.05, 4.69) is 29.2 Å². The average molecular weight is 244 g/mol. The molecule has 0 bridgehead atoms. The van der Waals surface area contributed by atoms with Crippen LogP contribution in [-0.4, -0.2) is 23.9 Å². The molecule has 0 unspecified atom stereocenters. The maximum atomic E-state index is 10.7. The Morgan fingerprint density at radius 3 is 2.56 bits per heavy atom. The molecule has 1 fully saturated rings. The number of carbonyl (C=O) groups is 1. The lowest BCUT2D eigenvalue weighted by Crippen LogP contribution is -2.32. The summed E-state index contributed by atoms with van der Waals surface area (Å²) in [5.74, 6) is 0.159. The van der Waals surface area contributed by atoms with Crippen molar-refractivity contribution in [3.8, 4) is 0 Å². The molecule has 1 saturated heterocycles. The molecule has 0 aliphatic carbocycles. The first-order valence-corrected chi connectivity index (χ1v) is 6.48. The van der Waals surface area contributed by atoms with Crippen LogP contribution in [0, 0.1) is 5.92 Å². The molecule has 96 valence electrons. The van der Waals surface area contributed by atoms with Crippen molar-refractivity contribution < 1.29 is 4.79 Å². The SMILES string of the molecule is NC(=O)/C=C/C1CCN(Cc2ccccc2)CC1. The van der Waals surface area contributed by atoms with Crippen LogP contribution in [0.2, 0.25) is 0 Å². The lowest BCUT2D eigenvalue weighted by atomic mass is 9.96. The van der Waals surface area contributed by atoms with E-state index in [4.69, 9.17) is 5.73 Å². The zero-order chi connectivity index (χ0) is 12.8. The van der Waals surface area contributed by atoms with Gasteiger partial charge in [0, 0.05) is 6.54 Å². The Morgan fingerprint density at radius 1 is 1.28 bits per heavy atom. The first-order valence-electron chi connectivity index (χ1n) is 6.48. The summed E-state index contributed by atoms with van der Waals surface area (Å²) in [6.45, 7) is 3.19. The van der Waals surface area contributed by atoms with E-state index in [1.54, 1.807) is 0 Å². The first kappa shape index (κ1) is 12.8. The largest absolute Gasteiger partial charge is 0.366 e. The highest BCUT2D eigenvalue weighted by atomic mass is 16.1. The number of likely N-dealkylation sites (tertiary alicyclic amines) is 1. The van der Waals surface area contributed by atoms with E-state index in [0.717, 1.165) is 32.5 Å². The summed E-state index contributed by atoms with van der Waals surface area (Å²) in [7, 11) is 0. The van der Waals surface area contributed by atoms with E-state index in [-0.39, 0.29) is 5.91 Å². The summed E-state index contributed by atoms with van der Waals surface area (Å²) in [6, 6.07) is 10.5. The summed E-state index contributed by atoms with van der Waals surface area (Å²) in [5.41, 5.74) is 6.47. The van der Waals surface area contributed by atoms with Crippen molar-refractivity contribution >= 4 is 5.91 Å². The van der Waals surface area contributed by atoms with Crippen LogP contribution in [0.3, 0.4) is 0 Å². The molecule has 1 aromatic rings. The van der Waals surface area contributed by atoms with Crippen LogP contribution in [-0.2, 0) is 11.3 Å². The maximum Gasteiger partial charge on any atom is 0.241 e. The number of benzene rings is 1. The third kappa shape index (κ3) is 4.00. The number of nitrogens with zero attached hydrogens (tertiary/aromatic N) is 1. The minimum Gasteiger partial charge on any atom is -0.366 e. The molecule has 18 heavy (non-hydrogen) atoms. The van der Waals surface area contributed by atoms with Crippen LogP contribution in [0.1, 0.15) is 18.4 Å². The number of allylic oxidation sites excluding steroid dienone is 1. The second kappa shape index (κ2) is 6.36. The zero-order valence-electron chi connectivity index (χ0n) is 10.6. The summed E-state index contributed by atoms with van der Waals surface area (Å²) in [6.07, 6.45) is 5.67. The monoisotopic (exact) mass is 244 g/mol. The number of nitrogens with two attached hydrogens (primary N) is 1. The molecule has 0 spiro atoms. The van der Waals surface area contributed by atoms with Gasteiger partial charge in [0.15, 0.2) is 0 Å². The van der Waals surface area contributed by atoms with E-state index >= 15 is 0 Å². The van der Waals surface area contributed by atoms with Gasteiger partial charge in [-0.2, -0.15) is 0 Å². The van der Waals surface area contributed by atoms with Crippen molar-refractivity contribution in [2.75, 3.05) is 13.1 Å². The predicted molar refractivity (Wildman–Crippen MR) is 72.8 cm³/mol. The Balaban J connectivity index is 1.78. The van der Waals surface area contributed by atoms with Gasteiger partial charge in [-0.3, -0.25) is 9.69 Å². The zero-order valence-corrected chi connectivity index (χ0v) is 10.6. The lowest BCUT2D eigenvalue weighted by Gasteiger charge is -2.30. The van der Waals surface area contributed by atoms with Crippen LogP contribution in [0.15, 0.2) is 42.5 Å². The summed E-state index contributed by atoms with van der Waals surface area (Å²) in [5, 5.41) is 0. The molecule has 1 aromatic carbocycles. The Morgan fingerprint density at radius 2 is 1.94 bits per heavy atom. The van der Waals surface area contributed by atoms with Crippen LogP contribution < -0.4 is 5.73 Å². The second-order valence-corrected chi connectivity index (χ2v) is 4.86. The fraction of sp³-hybridized carbons (Fsp3) is 0.400. The Labute approximate surface area is 108 Å². The number of primary amides is 1. The summed E-state index contributed by atoms with van der Waals surface area (Å²) < 4.78 is 0. The van der Waals surface area contributed by atoms with Gasteiger partial charge in [0.25, 0.3) is 0 Å². The van der Waals surface area contributed by atoms with Crippen molar-refractivity contribution in [2.24, 2.45) is 11.7 Å². The lowest BCUT2D eigenvalue weighted by molar-refractivity contribution is -0.113. The van der Waals surface area contributed by atoms with Crippen LogP contribution in [0.25, 0.3) is 0 Å². The molecular formula is C15H20N2O. The van der Waals surface area contributed by atoms with Gasteiger partial charge in [0.2, 0.25) is 5.91 Å². The Kier molecular flexibility index (Phi) is 4.53.